The van der Waals surface area contributed by atoms with Crippen LogP contribution in [0.1, 0.15) is 37.4 Å². The van der Waals surface area contributed by atoms with Crippen molar-refractivity contribution < 1.29 is 0 Å². The lowest BCUT2D eigenvalue weighted by molar-refractivity contribution is 0.603. The number of aromatic amines is 1. The first kappa shape index (κ1) is 17.3. The zero-order valence-electron chi connectivity index (χ0n) is 13.8. The van der Waals surface area contributed by atoms with Gasteiger partial charge in [-0.1, -0.05) is 20.3 Å². The summed E-state index contributed by atoms with van der Waals surface area (Å²) in [6.45, 7) is 5.05. The van der Waals surface area contributed by atoms with Gasteiger partial charge in [-0.2, -0.15) is 0 Å². The first-order valence-corrected chi connectivity index (χ1v) is 8.62. The molecule has 0 saturated carbocycles. The Hall–Kier alpha value is -2.09. The molecule has 0 spiro atoms. The van der Waals surface area contributed by atoms with Crippen LogP contribution >= 0.6 is 11.3 Å². The summed E-state index contributed by atoms with van der Waals surface area (Å²) in [5, 5.41) is 3.04. The van der Waals surface area contributed by atoms with Gasteiger partial charge in [0, 0.05) is 19.0 Å². The summed E-state index contributed by atoms with van der Waals surface area (Å²) in [5.74, 6) is 0.209. The predicted molar refractivity (Wildman–Crippen MR) is 94.2 cm³/mol. The zero-order valence-corrected chi connectivity index (χ0v) is 14.6. The van der Waals surface area contributed by atoms with E-state index in [1.807, 2.05) is 12.3 Å². The van der Waals surface area contributed by atoms with E-state index in [1.54, 1.807) is 23.3 Å². The van der Waals surface area contributed by atoms with Crippen molar-refractivity contribution in [1.29, 1.82) is 0 Å². The Morgan fingerprint density at radius 3 is 2.74 bits per heavy atom. The average molecular weight is 337 g/mol. The number of unbranched alkanes of at least 4 members (excludes halogenated alkanes) is 1. The highest BCUT2D eigenvalue weighted by atomic mass is 32.1. The van der Waals surface area contributed by atoms with E-state index < -0.39 is 11.2 Å². The average Bonchev–Trinajstić information content (AvgIpc) is 2.94. The lowest BCUT2D eigenvalue weighted by Crippen LogP contribution is -2.37. The number of aromatic nitrogens is 3. The molecular weight excluding hydrogens is 314 g/mol. The van der Waals surface area contributed by atoms with Crippen LogP contribution in [0.25, 0.3) is 0 Å². The molecule has 3 N–H and O–H groups in total. The molecule has 0 aliphatic carbocycles. The SMILES string of the molecule is CCCCn1c(N)c(N(C)Cc2csc(CC)n2)c(=O)[nH]c1=O. The predicted octanol–water partition coefficient (Wildman–Crippen LogP) is 1.57. The quantitative estimate of drug-likeness (QED) is 0.799. The summed E-state index contributed by atoms with van der Waals surface area (Å²) in [6.07, 6.45) is 2.65. The molecule has 126 valence electrons. The second-order valence-corrected chi connectivity index (χ2v) is 6.38. The van der Waals surface area contributed by atoms with Crippen molar-refractivity contribution in [3.8, 4) is 0 Å². The summed E-state index contributed by atoms with van der Waals surface area (Å²) >= 11 is 1.60. The molecule has 23 heavy (non-hydrogen) atoms. The molecule has 0 unspecified atom stereocenters. The van der Waals surface area contributed by atoms with Gasteiger partial charge >= 0.3 is 5.69 Å². The number of nitrogens with zero attached hydrogens (tertiary/aromatic N) is 3. The maximum atomic E-state index is 12.2. The van der Waals surface area contributed by atoms with Crippen molar-refractivity contribution in [3.63, 3.8) is 0 Å². The lowest BCUT2D eigenvalue weighted by atomic mass is 10.3. The number of H-pyrrole nitrogens is 1. The Labute approximate surface area is 138 Å². The molecule has 0 radical (unpaired) electrons. The zero-order chi connectivity index (χ0) is 17.0. The summed E-state index contributed by atoms with van der Waals surface area (Å²) in [4.78, 5) is 32.7. The third-order valence-corrected chi connectivity index (χ3v) is 4.67. The molecule has 0 aromatic carbocycles. The number of hydrogen-bond acceptors (Lipinski definition) is 6. The van der Waals surface area contributed by atoms with Crippen LogP contribution in [0.3, 0.4) is 0 Å². The van der Waals surface area contributed by atoms with E-state index in [0.29, 0.717) is 18.8 Å². The van der Waals surface area contributed by atoms with Gasteiger partial charge in [0.25, 0.3) is 5.56 Å². The normalized spacial score (nSPS) is 10.9. The molecule has 2 aromatic heterocycles. The first-order chi connectivity index (χ1) is 11.0. The van der Waals surface area contributed by atoms with Gasteiger partial charge in [-0.15, -0.1) is 11.3 Å². The minimum absolute atomic E-state index is 0.209. The minimum atomic E-state index is -0.464. The number of nitrogens with two attached hydrogens (primary N) is 1. The first-order valence-electron chi connectivity index (χ1n) is 7.74. The van der Waals surface area contributed by atoms with Crippen molar-refractivity contribution in [3.05, 3.63) is 36.9 Å². The maximum absolute atomic E-state index is 12.2. The molecule has 0 atom stereocenters. The van der Waals surface area contributed by atoms with E-state index in [0.717, 1.165) is 30.0 Å². The Kier molecular flexibility index (Phi) is 5.59. The van der Waals surface area contributed by atoms with Gasteiger partial charge in [0.1, 0.15) is 11.5 Å². The molecule has 0 bridgehead atoms. The van der Waals surface area contributed by atoms with Crippen molar-refractivity contribution in [1.82, 2.24) is 14.5 Å². The Balaban J connectivity index is 2.33. The molecule has 2 rings (SSSR count). The van der Waals surface area contributed by atoms with E-state index in [2.05, 4.69) is 16.9 Å². The number of aryl methyl sites for hydroxylation is 1. The fourth-order valence-electron chi connectivity index (χ4n) is 2.39. The summed E-state index contributed by atoms with van der Waals surface area (Å²) < 4.78 is 1.43. The topological polar surface area (TPSA) is 97.0 Å². The molecule has 2 heterocycles. The summed E-state index contributed by atoms with van der Waals surface area (Å²) in [6, 6.07) is 0. The van der Waals surface area contributed by atoms with Crippen molar-refractivity contribution >= 4 is 22.8 Å². The van der Waals surface area contributed by atoms with Crippen LogP contribution in [-0.2, 0) is 19.5 Å². The highest BCUT2D eigenvalue weighted by Gasteiger charge is 2.17. The summed E-state index contributed by atoms with van der Waals surface area (Å²) in [5.41, 5.74) is 6.37. The lowest BCUT2D eigenvalue weighted by Gasteiger charge is -2.21. The Morgan fingerprint density at radius 1 is 1.39 bits per heavy atom. The van der Waals surface area contributed by atoms with E-state index in [9.17, 15) is 9.59 Å². The minimum Gasteiger partial charge on any atom is -0.383 e. The van der Waals surface area contributed by atoms with Crippen LogP contribution in [0.4, 0.5) is 11.5 Å². The van der Waals surface area contributed by atoms with Crippen molar-refractivity contribution in [2.24, 2.45) is 0 Å². The molecule has 8 heteroatoms. The number of nitrogens with one attached hydrogen (secondary N) is 1. The maximum Gasteiger partial charge on any atom is 0.330 e. The van der Waals surface area contributed by atoms with Crippen LogP contribution in [0.2, 0.25) is 0 Å². The van der Waals surface area contributed by atoms with Crippen LogP contribution in [0.15, 0.2) is 15.0 Å². The number of rotatable bonds is 7. The molecule has 0 aliphatic heterocycles. The van der Waals surface area contributed by atoms with Gasteiger partial charge in [0.05, 0.1) is 17.2 Å². The highest BCUT2D eigenvalue weighted by molar-refractivity contribution is 7.09. The Morgan fingerprint density at radius 2 is 2.13 bits per heavy atom. The van der Waals surface area contributed by atoms with Gasteiger partial charge in [-0.25, -0.2) is 9.78 Å². The van der Waals surface area contributed by atoms with Crippen LogP contribution in [-0.4, -0.2) is 21.6 Å². The van der Waals surface area contributed by atoms with Gasteiger partial charge < -0.3 is 10.6 Å². The van der Waals surface area contributed by atoms with Crippen molar-refractivity contribution in [2.75, 3.05) is 17.7 Å². The largest absolute Gasteiger partial charge is 0.383 e. The third-order valence-electron chi connectivity index (χ3n) is 3.63. The third kappa shape index (κ3) is 3.82. The number of anilines is 2. The Bertz CT molecular complexity index is 777. The molecular formula is C15H23N5O2S. The monoisotopic (exact) mass is 337 g/mol. The fraction of sp³-hybridized carbons (Fsp3) is 0.533. The van der Waals surface area contributed by atoms with Gasteiger partial charge in [0.15, 0.2) is 0 Å². The van der Waals surface area contributed by atoms with Crippen LogP contribution < -0.4 is 21.9 Å². The highest BCUT2D eigenvalue weighted by Crippen LogP contribution is 2.19. The molecule has 0 aliphatic rings. The number of nitrogen functional groups attached to an aromatic ring is 1. The second-order valence-electron chi connectivity index (χ2n) is 5.44. The molecule has 0 amide bonds. The van der Waals surface area contributed by atoms with E-state index >= 15 is 0 Å². The molecule has 2 aromatic rings. The van der Waals surface area contributed by atoms with Gasteiger partial charge in [-0.05, 0) is 12.8 Å². The standard InChI is InChI=1S/C15H23N5O2S/c1-4-6-7-20-13(16)12(14(21)18-15(20)22)19(3)8-10-9-23-11(5-2)17-10/h9H,4-8,16H2,1-3H3,(H,18,21,22). The summed E-state index contributed by atoms with van der Waals surface area (Å²) in [7, 11) is 1.78. The van der Waals surface area contributed by atoms with E-state index in [1.165, 1.54) is 4.57 Å². The van der Waals surface area contributed by atoms with E-state index in [-0.39, 0.29) is 5.82 Å². The molecule has 7 nitrogen and oxygen atoms in total. The van der Waals surface area contributed by atoms with E-state index in [4.69, 9.17) is 5.73 Å². The van der Waals surface area contributed by atoms with Gasteiger partial charge in [0.2, 0.25) is 0 Å². The number of thiazole rings is 1. The van der Waals surface area contributed by atoms with Crippen molar-refractivity contribution in [2.45, 2.75) is 46.2 Å². The van der Waals surface area contributed by atoms with Crippen LogP contribution in [0, 0.1) is 0 Å². The molecule has 0 fully saturated rings. The fourth-order valence-corrected chi connectivity index (χ4v) is 3.13. The second kappa shape index (κ2) is 7.45. The smallest absolute Gasteiger partial charge is 0.330 e. The van der Waals surface area contributed by atoms with Gasteiger partial charge in [-0.3, -0.25) is 14.3 Å². The number of hydrogen-bond donors (Lipinski definition) is 2. The van der Waals surface area contributed by atoms with Crippen LogP contribution in [0.5, 0.6) is 0 Å². The molecule has 0 saturated heterocycles.